The molecule has 0 unspecified atom stereocenters. The molecule has 0 radical (unpaired) electrons. The minimum absolute atomic E-state index is 0.133. The fourth-order valence-electron chi connectivity index (χ4n) is 1.16. The van der Waals surface area contributed by atoms with E-state index < -0.39 is 6.09 Å². The van der Waals surface area contributed by atoms with Crippen molar-refractivity contribution < 1.29 is 9.90 Å². The summed E-state index contributed by atoms with van der Waals surface area (Å²) in [6, 6.07) is 5.41. The number of hydrogen-bond acceptors (Lipinski definition) is 3. The number of pyridine rings is 1. The van der Waals surface area contributed by atoms with Gasteiger partial charge in [0.25, 0.3) is 0 Å². The Kier molecular flexibility index (Phi) is 4.19. The Labute approximate surface area is 99.1 Å². The number of aromatic nitrogens is 1. The lowest BCUT2D eigenvalue weighted by atomic mass is 10.4. The summed E-state index contributed by atoms with van der Waals surface area (Å²) in [5.41, 5.74) is 0.839. The Bertz CT molecular complexity index is 409. The highest BCUT2D eigenvalue weighted by atomic mass is 32.1. The van der Waals surface area contributed by atoms with Crippen molar-refractivity contribution >= 4 is 29.2 Å². The zero-order valence-corrected chi connectivity index (χ0v) is 9.91. The minimum atomic E-state index is -1.08. The van der Waals surface area contributed by atoms with Crippen molar-refractivity contribution in [1.82, 2.24) is 9.88 Å². The molecule has 0 fully saturated rings. The summed E-state index contributed by atoms with van der Waals surface area (Å²) in [7, 11) is 0. The van der Waals surface area contributed by atoms with Gasteiger partial charge in [-0.1, -0.05) is 6.07 Å². The molecule has 0 atom stereocenters. The average Bonchev–Trinajstić information content (AvgIpc) is 2.17. The van der Waals surface area contributed by atoms with Crippen LogP contribution < -0.4 is 5.32 Å². The molecule has 1 heterocycles. The Hall–Kier alpha value is -1.69. The predicted molar refractivity (Wildman–Crippen MR) is 65.6 cm³/mol. The van der Waals surface area contributed by atoms with E-state index in [1.165, 1.54) is 0 Å². The molecule has 0 aliphatic rings. The number of rotatable bonds is 2. The van der Waals surface area contributed by atoms with Gasteiger partial charge in [0.2, 0.25) is 0 Å². The molecular formula is C10H13N3O2S. The number of carboxylic acid groups (broad SMARTS) is 1. The largest absolute Gasteiger partial charge is 0.465 e. The summed E-state index contributed by atoms with van der Waals surface area (Å²) in [6.45, 7) is 3.86. The van der Waals surface area contributed by atoms with E-state index >= 15 is 0 Å². The van der Waals surface area contributed by atoms with Crippen molar-refractivity contribution in [2.24, 2.45) is 0 Å². The van der Waals surface area contributed by atoms with E-state index in [0.717, 1.165) is 10.6 Å². The van der Waals surface area contributed by atoms with E-state index in [4.69, 9.17) is 17.3 Å². The Morgan fingerprint density at radius 1 is 1.62 bits per heavy atom. The van der Waals surface area contributed by atoms with Crippen LogP contribution in [0.1, 0.15) is 12.6 Å². The molecule has 16 heavy (non-hydrogen) atoms. The van der Waals surface area contributed by atoms with E-state index in [0.29, 0.717) is 12.4 Å². The molecule has 86 valence electrons. The molecule has 0 bridgehead atoms. The lowest BCUT2D eigenvalue weighted by Gasteiger charge is -2.18. The molecule has 0 spiro atoms. The summed E-state index contributed by atoms with van der Waals surface area (Å²) in [4.78, 5) is 16.0. The van der Waals surface area contributed by atoms with Gasteiger partial charge in [0, 0.05) is 12.2 Å². The van der Waals surface area contributed by atoms with Crippen LogP contribution in [0.3, 0.4) is 0 Å². The maximum absolute atomic E-state index is 10.8. The van der Waals surface area contributed by atoms with Gasteiger partial charge in [-0.2, -0.15) is 0 Å². The third kappa shape index (κ3) is 3.16. The fraction of sp³-hybridized carbons (Fsp3) is 0.300. The standard InChI is InChI=1S/C10H13N3O2S/c1-3-13(10(14)15)9(16)12-8-6-4-5-7(2)11-8/h4-6H,3H2,1-2H3,(H,14,15)(H,11,12,16). The zero-order chi connectivity index (χ0) is 12.1. The summed E-state index contributed by atoms with van der Waals surface area (Å²) in [5.74, 6) is 0.546. The second-order valence-electron chi connectivity index (χ2n) is 3.12. The Morgan fingerprint density at radius 3 is 2.81 bits per heavy atom. The molecule has 0 saturated carbocycles. The van der Waals surface area contributed by atoms with Gasteiger partial charge in [-0.15, -0.1) is 0 Å². The highest BCUT2D eigenvalue weighted by molar-refractivity contribution is 7.80. The monoisotopic (exact) mass is 239 g/mol. The lowest BCUT2D eigenvalue weighted by Crippen LogP contribution is -2.38. The quantitative estimate of drug-likeness (QED) is 0.774. The highest BCUT2D eigenvalue weighted by Gasteiger charge is 2.14. The van der Waals surface area contributed by atoms with Gasteiger partial charge < -0.3 is 10.4 Å². The van der Waals surface area contributed by atoms with Crippen molar-refractivity contribution in [1.29, 1.82) is 0 Å². The number of aryl methyl sites for hydroxylation is 1. The van der Waals surface area contributed by atoms with Crippen molar-refractivity contribution in [3.63, 3.8) is 0 Å². The fourth-order valence-corrected chi connectivity index (χ4v) is 1.47. The number of nitrogens with one attached hydrogen (secondary N) is 1. The molecule has 0 saturated heterocycles. The maximum atomic E-state index is 10.8. The van der Waals surface area contributed by atoms with E-state index in [1.807, 2.05) is 19.1 Å². The first-order valence-electron chi connectivity index (χ1n) is 4.79. The van der Waals surface area contributed by atoms with Crippen LogP contribution in [0.15, 0.2) is 18.2 Å². The number of amides is 1. The highest BCUT2D eigenvalue weighted by Crippen LogP contribution is 2.05. The molecule has 1 aromatic heterocycles. The van der Waals surface area contributed by atoms with E-state index in [2.05, 4.69) is 10.3 Å². The van der Waals surface area contributed by atoms with Gasteiger partial charge in [-0.25, -0.2) is 9.78 Å². The molecule has 0 aliphatic heterocycles. The van der Waals surface area contributed by atoms with Crippen LogP contribution in [0.4, 0.5) is 10.6 Å². The van der Waals surface area contributed by atoms with Crippen LogP contribution in [0.5, 0.6) is 0 Å². The van der Waals surface area contributed by atoms with Crippen molar-refractivity contribution in [3.05, 3.63) is 23.9 Å². The van der Waals surface area contributed by atoms with Gasteiger partial charge in [-0.3, -0.25) is 4.90 Å². The van der Waals surface area contributed by atoms with E-state index in [-0.39, 0.29) is 5.11 Å². The molecule has 0 aliphatic carbocycles. The summed E-state index contributed by atoms with van der Waals surface area (Å²) in [6.07, 6.45) is -1.08. The average molecular weight is 239 g/mol. The molecular weight excluding hydrogens is 226 g/mol. The van der Waals surface area contributed by atoms with Gasteiger partial charge in [-0.05, 0) is 38.2 Å². The van der Waals surface area contributed by atoms with Crippen molar-refractivity contribution in [2.75, 3.05) is 11.9 Å². The molecule has 1 amide bonds. The smallest absolute Gasteiger partial charge is 0.413 e. The summed E-state index contributed by atoms with van der Waals surface area (Å²) >= 11 is 4.97. The normalized spacial score (nSPS) is 9.62. The molecule has 1 rings (SSSR count). The van der Waals surface area contributed by atoms with Gasteiger partial charge in [0.05, 0.1) is 0 Å². The lowest BCUT2D eigenvalue weighted by molar-refractivity contribution is 0.171. The van der Waals surface area contributed by atoms with Gasteiger partial charge in [0.1, 0.15) is 5.82 Å². The number of anilines is 1. The number of carbonyl (C=O) groups is 1. The number of thiocarbonyl (C=S) groups is 1. The summed E-state index contributed by atoms with van der Waals surface area (Å²) in [5, 5.41) is 11.8. The van der Waals surface area contributed by atoms with Gasteiger partial charge >= 0.3 is 6.09 Å². The van der Waals surface area contributed by atoms with Crippen LogP contribution in [0, 0.1) is 6.92 Å². The maximum Gasteiger partial charge on any atom is 0.413 e. The van der Waals surface area contributed by atoms with Crippen molar-refractivity contribution in [2.45, 2.75) is 13.8 Å². The van der Waals surface area contributed by atoms with Crippen LogP contribution in [-0.2, 0) is 0 Å². The molecule has 5 nitrogen and oxygen atoms in total. The Balaban J connectivity index is 2.74. The molecule has 6 heteroatoms. The third-order valence-corrected chi connectivity index (χ3v) is 2.24. The number of nitrogens with zero attached hydrogens (tertiary/aromatic N) is 2. The first-order chi connectivity index (χ1) is 7.54. The number of hydrogen-bond donors (Lipinski definition) is 2. The SMILES string of the molecule is CCN(C(=O)O)C(=S)Nc1cccc(C)n1. The second-order valence-corrected chi connectivity index (χ2v) is 3.51. The first-order valence-corrected chi connectivity index (χ1v) is 5.20. The van der Waals surface area contributed by atoms with Crippen molar-refractivity contribution in [3.8, 4) is 0 Å². The second kappa shape index (κ2) is 5.41. The van der Waals surface area contributed by atoms with Crippen LogP contribution in [0.2, 0.25) is 0 Å². The van der Waals surface area contributed by atoms with Crippen LogP contribution >= 0.6 is 12.2 Å². The van der Waals surface area contributed by atoms with Crippen LogP contribution in [-0.4, -0.2) is 32.7 Å². The minimum Gasteiger partial charge on any atom is -0.465 e. The van der Waals surface area contributed by atoms with Gasteiger partial charge in [0.15, 0.2) is 5.11 Å². The van der Waals surface area contributed by atoms with E-state index in [9.17, 15) is 4.79 Å². The van der Waals surface area contributed by atoms with E-state index in [1.54, 1.807) is 13.0 Å². The molecule has 0 aromatic carbocycles. The zero-order valence-electron chi connectivity index (χ0n) is 9.10. The molecule has 2 N–H and O–H groups in total. The summed E-state index contributed by atoms with van der Waals surface area (Å²) < 4.78 is 0. The first kappa shape index (κ1) is 12.4. The predicted octanol–water partition coefficient (Wildman–Crippen LogP) is 2.09. The topological polar surface area (TPSA) is 65.5 Å². The third-order valence-electron chi connectivity index (χ3n) is 1.92. The molecule has 1 aromatic rings. The van der Waals surface area contributed by atoms with Crippen LogP contribution in [0.25, 0.3) is 0 Å². The Morgan fingerprint density at radius 2 is 2.31 bits per heavy atom.